The maximum atomic E-state index is 12.2. The molecule has 2 aromatic rings. The molecule has 0 amide bonds. The van der Waals surface area contributed by atoms with Gasteiger partial charge in [-0.05, 0) is 25.0 Å². The molecule has 1 heterocycles. The molecule has 21 heavy (non-hydrogen) atoms. The number of nitrogens with one attached hydrogen (secondary N) is 2. The van der Waals surface area contributed by atoms with Crippen LogP contribution in [0.5, 0.6) is 5.75 Å². The van der Waals surface area contributed by atoms with Crippen LogP contribution in [0.1, 0.15) is 37.7 Å². The van der Waals surface area contributed by atoms with Crippen molar-refractivity contribution < 1.29 is 4.74 Å². The Kier molecular flexibility index (Phi) is 4.25. The lowest BCUT2D eigenvalue weighted by Crippen LogP contribution is -2.32. The summed E-state index contributed by atoms with van der Waals surface area (Å²) < 4.78 is 5.29. The van der Waals surface area contributed by atoms with Gasteiger partial charge in [0, 0.05) is 23.5 Å². The normalized spacial score (nSPS) is 16.2. The molecule has 3 rings (SSSR count). The van der Waals surface area contributed by atoms with Gasteiger partial charge >= 0.3 is 0 Å². The average Bonchev–Trinajstić information content (AvgIpc) is 2.53. The predicted octanol–water partition coefficient (Wildman–Crippen LogP) is 2.96. The molecular formula is C17H22N2O2. The summed E-state index contributed by atoms with van der Waals surface area (Å²) in [6.07, 6.45) is 6.37. The highest BCUT2D eigenvalue weighted by molar-refractivity contribution is 5.84. The van der Waals surface area contributed by atoms with Crippen molar-refractivity contribution in [2.24, 2.45) is 0 Å². The minimum Gasteiger partial charge on any atom is -0.495 e. The number of H-pyrrole nitrogens is 1. The van der Waals surface area contributed by atoms with Gasteiger partial charge in [-0.25, -0.2) is 0 Å². The van der Waals surface area contributed by atoms with Crippen LogP contribution in [0.3, 0.4) is 0 Å². The maximum absolute atomic E-state index is 12.2. The Hall–Kier alpha value is -1.81. The molecule has 1 aromatic carbocycles. The Morgan fingerprint density at radius 1 is 1.29 bits per heavy atom. The number of methoxy groups -OCH3 is 1. The number of para-hydroxylation sites is 1. The second kappa shape index (κ2) is 6.31. The van der Waals surface area contributed by atoms with Gasteiger partial charge in [-0.1, -0.05) is 31.4 Å². The van der Waals surface area contributed by atoms with E-state index in [9.17, 15) is 4.79 Å². The van der Waals surface area contributed by atoms with Gasteiger partial charge in [-0.3, -0.25) is 4.79 Å². The summed E-state index contributed by atoms with van der Waals surface area (Å²) in [6, 6.07) is 8.32. The average molecular weight is 286 g/mol. The first-order valence-electron chi connectivity index (χ1n) is 7.70. The molecule has 0 atom stereocenters. The van der Waals surface area contributed by atoms with Crippen molar-refractivity contribution >= 4 is 10.9 Å². The molecule has 2 N–H and O–H groups in total. The van der Waals surface area contributed by atoms with E-state index in [1.165, 1.54) is 32.1 Å². The summed E-state index contributed by atoms with van der Waals surface area (Å²) >= 11 is 0. The van der Waals surface area contributed by atoms with Crippen molar-refractivity contribution in [2.75, 3.05) is 7.11 Å². The number of aromatic amines is 1. The minimum absolute atomic E-state index is 0.0321. The Balaban J connectivity index is 1.82. The molecule has 0 aliphatic heterocycles. The van der Waals surface area contributed by atoms with Crippen molar-refractivity contribution in [1.29, 1.82) is 0 Å². The standard InChI is InChI=1S/C17H22N2O2/c1-21-15-9-5-6-12-10-13(17(20)19-16(12)15)11-18-14-7-3-2-4-8-14/h5-6,9-10,14,18H,2-4,7-8,11H2,1H3,(H,19,20). The first kappa shape index (κ1) is 14.1. The fourth-order valence-electron chi connectivity index (χ4n) is 3.11. The van der Waals surface area contributed by atoms with Crippen LogP contribution < -0.4 is 15.6 Å². The summed E-state index contributed by atoms with van der Waals surface area (Å²) in [5.41, 5.74) is 1.53. The molecule has 4 nitrogen and oxygen atoms in total. The zero-order valence-corrected chi connectivity index (χ0v) is 12.4. The number of fused-ring (bicyclic) bond motifs is 1. The number of hydrogen-bond donors (Lipinski definition) is 2. The second-order valence-electron chi connectivity index (χ2n) is 5.76. The number of hydrogen-bond acceptors (Lipinski definition) is 3. The molecule has 1 aliphatic carbocycles. The Bertz CT molecular complexity index is 672. The third-order valence-electron chi connectivity index (χ3n) is 4.32. The monoisotopic (exact) mass is 286 g/mol. The van der Waals surface area contributed by atoms with E-state index in [1.807, 2.05) is 24.3 Å². The zero-order valence-electron chi connectivity index (χ0n) is 12.4. The van der Waals surface area contributed by atoms with Crippen LogP contribution in [-0.4, -0.2) is 18.1 Å². The first-order valence-corrected chi connectivity index (χ1v) is 7.70. The van der Waals surface area contributed by atoms with Gasteiger partial charge in [0.2, 0.25) is 0 Å². The lowest BCUT2D eigenvalue weighted by molar-refractivity contribution is 0.372. The van der Waals surface area contributed by atoms with Gasteiger partial charge in [0.05, 0.1) is 12.6 Å². The molecule has 0 spiro atoms. The molecule has 0 unspecified atom stereocenters. The number of ether oxygens (including phenoxy) is 1. The van der Waals surface area contributed by atoms with Crippen LogP contribution in [0.15, 0.2) is 29.1 Å². The van der Waals surface area contributed by atoms with Crippen LogP contribution in [0.4, 0.5) is 0 Å². The molecule has 1 aliphatic rings. The van der Waals surface area contributed by atoms with Gasteiger partial charge in [-0.15, -0.1) is 0 Å². The van der Waals surface area contributed by atoms with Gasteiger partial charge in [-0.2, -0.15) is 0 Å². The smallest absolute Gasteiger partial charge is 0.253 e. The van der Waals surface area contributed by atoms with E-state index in [2.05, 4.69) is 10.3 Å². The first-order chi connectivity index (χ1) is 10.3. The van der Waals surface area contributed by atoms with Gasteiger partial charge in [0.25, 0.3) is 5.56 Å². The van der Waals surface area contributed by atoms with E-state index in [0.29, 0.717) is 18.3 Å². The molecule has 1 saturated carbocycles. The highest BCUT2D eigenvalue weighted by atomic mass is 16.5. The number of pyridine rings is 1. The van der Waals surface area contributed by atoms with Crippen molar-refractivity contribution in [3.8, 4) is 5.75 Å². The highest BCUT2D eigenvalue weighted by Gasteiger charge is 2.13. The Morgan fingerprint density at radius 2 is 2.10 bits per heavy atom. The summed E-state index contributed by atoms with van der Waals surface area (Å²) in [4.78, 5) is 15.2. The fourth-order valence-corrected chi connectivity index (χ4v) is 3.11. The second-order valence-corrected chi connectivity index (χ2v) is 5.76. The van der Waals surface area contributed by atoms with Crippen LogP contribution in [-0.2, 0) is 6.54 Å². The third kappa shape index (κ3) is 3.10. The van der Waals surface area contributed by atoms with E-state index in [-0.39, 0.29) is 5.56 Å². The molecule has 1 aromatic heterocycles. The summed E-state index contributed by atoms with van der Waals surface area (Å²) in [5.74, 6) is 0.705. The van der Waals surface area contributed by atoms with E-state index in [0.717, 1.165) is 16.5 Å². The van der Waals surface area contributed by atoms with Crippen molar-refractivity contribution in [3.05, 3.63) is 40.2 Å². The van der Waals surface area contributed by atoms with E-state index < -0.39 is 0 Å². The molecule has 1 fully saturated rings. The SMILES string of the molecule is COc1cccc2cc(CNC3CCCCC3)c(=O)[nH]c12. The van der Waals surface area contributed by atoms with E-state index in [1.54, 1.807) is 7.11 Å². The zero-order chi connectivity index (χ0) is 14.7. The molecule has 112 valence electrons. The van der Waals surface area contributed by atoms with Crippen molar-refractivity contribution in [2.45, 2.75) is 44.7 Å². The van der Waals surface area contributed by atoms with Crippen LogP contribution in [0, 0.1) is 0 Å². The van der Waals surface area contributed by atoms with Crippen LogP contribution >= 0.6 is 0 Å². The van der Waals surface area contributed by atoms with Gasteiger partial charge in [0.1, 0.15) is 5.75 Å². The summed E-state index contributed by atoms with van der Waals surface area (Å²) in [6.45, 7) is 0.632. The van der Waals surface area contributed by atoms with Crippen molar-refractivity contribution in [1.82, 2.24) is 10.3 Å². The minimum atomic E-state index is -0.0321. The van der Waals surface area contributed by atoms with E-state index in [4.69, 9.17) is 4.74 Å². The fraction of sp³-hybridized carbons (Fsp3) is 0.471. The van der Waals surface area contributed by atoms with Gasteiger partial charge < -0.3 is 15.0 Å². The number of aromatic nitrogens is 1. The quantitative estimate of drug-likeness (QED) is 0.908. The van der Waals surface area contributed by atoms with E-state index >= 15 is 0 Å². The molecule has 0 bridgehead atoms. The topological polar surface area (TPSA) is 54.1 Å². The Labute approximate surface area is 124 Å². The summed E-state index contributed by atoms with van der Waals surface area (Å²) in [7, 11) is 1.62. The molecular weight excluding hydrogens is 264 g/mol. The molecule has 0 radical (unpaired) electrons. The Morgan fingerprint density at radius 3 is 2.86 bits per heavy atom. The lowest BCUT2D eigenvalue weighted by Gasteiger charge is -2.22. The summed E-state index contributed by atoms with van der Waals surface area (Å²) in [5, 5.41) is 4.53. The molecule has 4 heteroatoms. The predicted molar refractivity (Wildman–Crippen MR) is 84.8 cm³/mol. The molecule has 0 saturated heterocycles. The lowest BCUT2D eigenvalue weighted by atomic mass is 9.95. The third-order valence-corrected chi connectivity index (χ3v) is 4.32. The number of rotatable bonds is 4. The van der Waals surface area contributed by atoms with Crippen molar-refractivity contribution in [3.63, 3.8) is 0 Å². The largest absolute Gasteiger partial charge is 0.495 e. The van der Waals surface area contributed by atoms with Gasteiger partial charge in [0.15, 0.2) is 0 Å². The highest BCUT2D eigenvalue weighted by Crippen LogP contribution is 2.22. The van der Waals surface area contributed by atoms with Crippen LogP contribution in [0.2, 0.25) is 0 Å². The number of benzene rings is 1. The van der Waals surface area contributed by atoms with Crippen LogP contribution in [0.25, 0.3) is 10.9 Å². The maximum Gasteiger partial charge on any atom is 0.253 e.